The van der Waals surface area contributed by atoms with Gasteiger partial charge >= 0.3 is 0 Å². The first-order valence-corrected chi connectivity index (χ1v) is 1.56. The second-order valence-corrected chi connectivity index (χ2v) is 0.895. The Balaban J connectivity index is 3.22. The molecule has 4 N–H and O–H groups in total. The predicted octanol–water partition coefficient (Wildman–Crippen LogP) is -0.303. The quantitative estimate of drug-likeness (QED) is 0.341. The molecule has 3 nitrogen and oxygen atoms in total. The van der Waals surface area contributed by atoms with Crippen LogP contribution < -0.4 is 11.6 Å². The van der Waals surface area contributed by atoms with Gasteiger partial charge in [0.05, 0.1) is 0 Å². The van der Waals surface area contributed by atoms with E-state index >= 15 is 0 Å². The summed E-state index contributed by atoms with van der Waals surface area (Å²) in [5, 5.41) is 0. The van der Waals surface area contributed by atoms with Crippen molar-refractivity contribution in [3.63, 3.8) is 0 Å². The maximum absolute atomic E-state index is 4.92. The molecule has 0 radical (unpaired) electrons. The number of rotatable bonds is 1. The topological polar surface area (TPSA) is 61.3 Å². The van der Waals surface area contributed by atoms with E-state index in [0.29, 0.717) is 5.76 Å². The highest BCUT2D eigenvalue weighted by molar-refractivity contribution is 4.81. The summed E-state index contributed by atoms with van der Waals surface area (Å²) in [6, 6.07) is 0. The van der Waals surface area contributed by atoms with E-state index in [4.69, 9.17) is 5.73 Å². The molecule has 0 aliphatic heterocycles. The van der Waals surface area contributed by atoms with Crippen molar-refractivity contribution in [1.82, 2.24) is 0 Å². The van der Waals surface area contributed by atoms with Gasteiger partial charge in [0.2, 0.25) is 0 Å². The van der Waals surface area contributed by atoms with E-state index in [-0.39, 0.29) is 0 Å². The van der Waals surface area contributed by atoms with Crippen molar-refractivity contribution in [3.05, 3.63) is 12.0 Å². The van der Waals surface area contributed by atoms with Crippen LogP contribution in [0.25, 0.3) is 0 Å². The molecule has 0 rings (SSSR count). The van der Waals surface area contributed by atoms with Crippen molar-refractivity contribution in [1.29, 1.82) is 0 Å². The van der Waals surface area contributed by atoms with E-state index in [2.05, 4.69) is 10.7 Å². The van der Waals surface area contributed by atoms with E-state index < -0.39 is 0 Å². The molecule has 0 saturated carbocycles. The molecule has 0 amide bonds. The van der Waals surface area contributed by atoms with Gasteiger partial charge < -0.3 is 10.6 Å². The molecule has 0 fully saturated rings. The Hall–Kier alpha value is -0.700. The van der Waals surface area contributed by atoms with Crippen LogP contribution in [0.3, 0.4) is 0 Å². The van der Waals surface area contributed by atoms with Crippen LogP contribution in [0.1, 0.15) is 6.92 Å². The number of hydrogen-bond donors (Lipinski definition) is 2. The molecule has 0 aliphatic rings. The summed E-state index contributed by atoms with van der Waals surface area (Å²) in [7, 11) is 0. The second kappa shape index (κ2) is 2.53. The number of hydrogen-bond acceptors (Lipinski definition) is 3. The van der Waals surface area contributed by atoms with Crippen LogP contribution in [0.5, 0.6) is 0 Å². The summed E-state index contributed by atoms with van der Waals surface area (Å²) in [6.45, 7) is 1.67. The Labute approximate surface area is 36.5 Å². The fraction of sp³-hybridized carbons (Fsp3) is 0.333. The van der Waals surface area contributed by atoms with Gasteiger partial charge in [-0.2, -0.15) is 5.90 Å². The second-order valence-electron chi connectivity index (χ2n) is 0.895. The van der Waals surface area contributed by atoms with Gasteiger partial charge in [0.15, 0.2) is 0 Å². The van der Waals surface area contributed by atoms with Crippen molar-refractivity contribution in [2.45, 2.75) is 6.92 Å². The van der Waals surface area contributed by atoms with Crippen molar-refractivity contribution in [2.75, 3.05) is 0 Å². The molecular weight excluding hydrogens is 80.0 g/mol. The molecule has 6 heavy (non-hydrogen) atoms. The summed E-state index contributed by atoms with van der Waals surface area (Å²) >= 11 is 0. The van der Waals surface area contributed by atoms with Crippen LogP contribution in [0.15, 0.2) is 12.0 Å². The minimum absolute atomic E-state index is 0.523. The molecule has 0 bridgehead atoms. The monoisotopic (exact) mass is 88.1 g/mol. The lowest BCUT2D eigenvalue weighted by atomic mass is 10.6. The molecule has 0 aromatic heterocycles. The van der Waals surface area contributed by atoms with Crippen molar-refractivity contribution in [2.24, 2.45) is 11.6 Å². The SMILES string of the molecule is C/C(=C/N)ON. The van der Waals surface area contributed by atoms with Gasteiger partial charge in [-0.15, -0.1) is 0 Å². The highest BCUT2D eigenvalue weighted by Gasteiger charge is 1.74. The fourth-order valence-electron chi connectivity index (χ4n) is 0.0393. The third kappa shape index (κ3) is 1.60. The molecule has 0 aromatic rings. The summed E-state index contributed by atoms with van der Waals surface area (Å²) < 4.78 is 0. The molecule has 0 aromatic carbocycles. The van der Waals surface area contributed by atoms with Crippen molar-refractivity contribution < 1.29 is 4.84 Å². The first-order valence-electron chi connectivity index (χ1n) is 1.56. The molecule has 3 heteroatoms. The van der Waals surface area contributed by atoms with Gasteiger partial charge in [-0.05, 0) is 6.92 Å². The average molecular weight is 88.1 g/mol. The summed E-state index contributed by atoms with van der Waals surface area (Å²) in [5.41, 5.74) is 4.92. The first-order chi connectivity index (χ1) is 2.81. The van der Waals surface area contributed by atoms with E-state index in [1.165, 1.54) is 6.20 Å². The maximum atomic E-state index is 4.92. The highest BCUT2D eigenvalue weighted by Crippen LogP contribution is 1.81. The van der Waals surface area contributed by atoms with E-state index in [1.807, 2.05) is 0 Å². The van der Waals surface area contributed by atoms with Crippen LogP contribution >= 0.6 is 0 Å². The van der Waals surface area contributed by atoms with Gasteiger partial charge in [0.1, 0.15) is 5.76 Å². The zero-order valence-electron chi connectivity index (χ0n) is 3.64. The van der Waals surface area contributed by atoms with Crippen molar-refractivity contribution >= 4 is 0 Å². The molecule has 0 saturated heterocycles. The standard InChI is InChI=1S/C3H8N2O/c1-3(2-4)6-5/h2H,4-5H2,1H3/b3-2-. The Kier molecular flexibility index (Phi) is 2.24. The zero-order chi connectivity index (χ0) is 4.99. The van der Waals surface area contributed by atoms with Crippen LogP contribution in [0.4, 0.5) is 0 Å². The van der Waals surface area contributed by atoms with Crippen LogP contribution in [-0.4, -0.2) is 0 Å². The van der Waals surface area contributed by atoms with Gasteiger partial charge in [-0.1, -0.05) is 0 Å². The van der Waals surface area contributed by atoms with Crippen molar-refractivity contribution in [3.8, 4) is 0 Å². The van der Waals surface area contributed by atoms with Crippen LogP contribution in [-0.2, 0) is 4.84 Å². The summed E-state index contributed by atoms with van der Waals surface area (Å²) in [5.74, 6) is 5.16. The van der Waals surface area contributed by atoms with Gasteiger partial charge in [0, 0.05) is 6.20 Å². The Morgan fingerprint density at radius 3 is 2.33 bits per heavy atom. The van der Waals surface area contributed by atoms with Gasteiger partial charge in [-0.25, -0.2) is 0 Å². The first kappa shape index (κ1) is 5.30. The molecule has 0 aliphatic carbocycles. The molecule has 0 heterocycles. The molecule has 0 atom stereocenters. The largest absolute Gasteiger partial charge is 0.415 e. The summed E-state index contributed by atoms with van der Waals surface area (Å²) in [6.07, 6.45) is 1.29. The Bertz CT molecular complexity index is 59.8. The smallest absolute Gasteiger partial charge is 0.136 e. The van der Waals surface area contributed by atoms with Gasteiger partial charge in [0.25, 0.3) is 0 Å². The van der Waals surface area contributed by atoms with E-state index in [0.717, 1.165) is 0 Å². The zero-order valence-corrected chi connectivity index (χ0v) is 3.64. The molecular formula is C3H8N2O. The molecule has 0 spiro atoms. The summed E-state index contributed by atoms with van der Waals surface area (Å²) in [4.78, 5) is 4.14. The normalized spacial score (nSPS) is 11.3. The highest BCUT2D eigenvalue weighted by atomic mass is 16.6. The molecule has 0 unspecified atom stereocenters. The van der Waals surface area contributed by atoms with Gasteiger partial charge in [-0.3, -0.25) is 0 Å². The lowest BCUT2D eigenvalue weighted by molar-refractivity contribution is 0.222. The Morgan fingerprint density at radius 2 is 2.33 bits per heavy atom. The van der Waals surface area contributed by atoms with E-state index in [1.54, 1.807) is 6.92 Å². The lowest BCUT2D eigenvalue weighted by Gasteiger charge is -1.90. The fourth-order valence-corrected chi connectivity index (χ4v) is 0.0393. The third-order valence-electron chi connectivity index (χ3n) is 0.421. The van der Waals surface area contributed by atoms with Crippen LogP contribution in [0.2, 0.25) is 0 Å². The number of allylic oxidation sites excluding steroid dienone is 1. The Morgan fingerprint density at radius 1 is 1.83 bits per heavy atom. The number of nitrogens with two attached hydrogens (primary N) is 2. The third-order valence-corrected chi connectivity index (χ3v) is 0.421. The minimum atomic E-state index is 0.523. The average Bonchev–Trinajstić information content (AvgIpc) is 1.65. The lowest BCUT2D eigenvalue weighted by Crippen LogP contribution is -1.97. The minimum Gasteiger partial charge on any atom is -0.415 e. The van der Waals surface area contributed by atoms with Crippen LogP contribution in [0, 0.1) is 0 Å². The molecule has 36 valence electrons. The maximum Gasteiger partial charge on any atom is 0.136 e. The predicted molar refractivity (Wildman–Crippen MR) is 23.2 cm³/mol. The van der Waals surface area contributed by atoms with E-state index in [9.17, 15) is 0 Å².